The van der Waals surface area contributed by atoms with Crippen LogP contribution in [-0.2, 0) is 9.53 Å². The van der Waals surface area contributed by atoms with Crippen LogP contribution < -0.4 is 14.8 Å². The van der Waals surface area contributed by atoms with Crippen LogP contribution in [0, 0.1) is 5.92 Å². The van der Waals surface area contributed by atoms with Gasteiger partial charge < -0.3 is 24.6 Å². The number of hydrogen-bond donors (Lipinski definition) is 2. The Morgan fingerprint density at radius 3 is 2.68 bits per heavy atom. The van der Waals surface area contributed by atoms with Crippen LogP contribution in [0.4, 0.5) is 5.69 Å². The zero-order valence-electron chi connectivity index (χ0n) is 15.4. The lowest BCUT2D eigenvalue weighted by Gasteiger charge is -2.26. The molecule has 1 aliphatic rings. The van der Waals surface area contributed by atoms with Crippen LogP contribution in [0.1, 0.15) is 15.9 Å². The largest absolute Gasteiger partial charge is 0.493 e. The standard InChI is InChI=1S/C21H21NO6/c1-26-19-10-14(6-8-18(19)28-13-15-11-27-12-15)7-9-20(23)22-17-5-3-2-4-16(17)21(24)25/h2-10,15H,11-13H2,1H3,(H,22,23)(H,24,25)/b9-7+. The molecule has 1 aliphatic heterocycles. The summed E-state index contributed by atoms with van der Waals surface area (Å²) < 4.78 is 16.2. The molecule has 0 atom stereocenters. The van der Waals surface area contributed by atoms with E-state index in [1.807, 2.05) is 6.07 Å². The van der Waals surface area contributed by atoms with Crippen LogP contribution in [0.25, 0.3) is 6.08 Å². The number of carboxylic acid groups (broad SMARTS) is 1. The van der Waals surface area contributed by atoms with E-state index in [4.69, 9.17) is 19.3 Å². The molecule has 0 bridgehead atoms. The lowest BCUT2D eigenvalue weighted by atomic mass is 10.1. The van der Waals surface area contributed by atoms with E-state index >= 15 is 0 Å². The summed E-state index contributed by atoms with van der Waals surface area (Å²) in [6.07, 6.45) is 2.95. The molecule has 1 amide bonds. The summed E-state index contributed by atoms with van der Waals surface area (Å²) in [5.41, 5.74) is 1.02. The van der Waals surface area contributed by atoms with Gasteiger partial charge in [0.25, 0.3) is 0 Å². The number of carbonyl (C=O) groups is 2. The second kappa shape index (κ2) is 9.05. The molecule has 1 fully saturated rings. The number of nitrogens with one attached hydrogen (secondary N) is 1. The predicted molar refractivity (Wildman–Crippen MR) is 104 cm³/mol. The smallest absolute Gasteiger partial charge is 0.337 e. The highest BCUT2D eigenvalue weighted by Gasteiger charge is 2.19. The zero-order chi connectivity index (χ0) is 19.9. The van der Waals surface area contributed by atoms with Gasteiger partial charge in [-0.2, -0.15) is 0 Å². The Morgan fingerprint density at radius 2 is 2.00 bits per heavy atom. The first-order chi connectivity index (χ1) is 13.6. The number of hydrogen-bond acceptors (Lipinski definition) is 5. The van der Waals surface area contributed by atoms with Gasteiger partial charge in [-0.3, -0.25) is 4.79 Å². The molecule has 7 heteroatoms. The lowest BCUT2D eigenvalue weighted by molar-refractivity contribution is -0.111. The third-order valence-corrected chi connectivity index (χ3v) is 4.21. The Labute approximate surface area is 162 Å². The number of amides is 1. The highest BCUT2D eigenvalue weighted by molar-refractivity contribution is 6.06. The third-order valence-electron chi connectivity index (χ3n) is 4.21. The minimum atomic E-state index is -1.10. The molecule has 146 valence electrons. The minimum absolute atomic E-state index is 0.0317. The first-order valence-electron chi connectivity index (χ1n) is 8.77. The van der Waals surface area contributed by atoms with E-state index in [0.29, 0.717) is 37.2 Å². The van der Waals surface area contributed by atoms with Gasteiger partial charge in [-0.1, -0.05) is 18.2 Å². The van der Waals surface area contributed by atoms with Crippen molar-refractivity contribution in [2.75, 3.05) is 32.2 Å². The topological polar surface area (TPSA) is 94.1 Å². The molecule has 7 nitrogen and oxygen atoms in total. The van der Waals surface area contributed by atoms with E-state index in [2.05, 4.69) is 5.32 Å². The molecule has 2 N–H and O–H groups in total. The average Bonchev–Trinajstić information content (AvgIpc) is 2.66. The lowest BCUT2D eigenvalue weighted by Crippen LogP contribution is -2.32. The SMILES string of the molecule is COc1cc(/C=C/C(=O)Nc2ccccc2C(=O)O)ccc1OCC1COC1. The van der Waals surface area contributed by atoms with E-state index < -0.39 is 11.9 Å². The van der Waals surface area contributed by atoms with Crippen LogP contribution in [0.3, 0.4) is 0 Å². The second-order valence-electron chi connectivity index (χ2n) is 6.30. The van der Waals surface area contributed by atoms with Crippen molar-refractivity contribution in [3.05, 3.63) is 59.7 Å². The van der Waals surface area contributed by atoms with E-state index in [1.54, 1.807) is 37.5 Å². The normalized spacial score (nSPS) is 13.8. The number of aromatic carboxylic acids is 1. The number of methoxy groups -OCH3 is 1. The Morgan fingerprint density at radius 1 is 1.21 bits per heavy atom. The maximum atomic E-state index is 12.1. The van der Waals surface area contributed by atoms with E-state index in [9.17, 15) is 9.59 Å². The van der Waals surface area contributed by atoms with Crippen LogP contribution in [0.2, 0.25) is 0 Å². The monoisotopic (exact) mass is 383 g/mol. The van der Waals surface area contributed by atoms with Crippen LogP contribution in [0.15, 0.2) is 48.5 Å². The predicted octanol–water partition coefficient (Wildman–Crippen LogP) is 3.07. The minimum Gasteiger partial charge on any atom is -0.493 e. The van der Waals surface area contributed by atoms with Gasteiger partial charge in [-0.25, -0.2) is 4.79 Å². The molecule has 0 spiro atoms. The molecule has 0 unspecified atom stereocenters. The number of anilines is 1. The fourth-order valence-corrected chi connectivity index (χ4v) is 2.62. The Hall–Kier alpha value is -3.32. The average molecular weight is 383 g/mol. The van der Waals surface area contributed by atoms with Gasteiger partial charge in [0.15, 0.2) is 11.5 Å². The van der Waals surface area contributed by atoms with Crippen LogP contribution >= 0.6 is 0 Å². The van der Waals surface area contributed by atoms with Gasteiger partial charge in [-0.15, -0.1) is 0 Å². The first kappa shape index (κ1) is 19.4. The van der Waals surface area contributed by atoms with Gasteiger partial charge in [0.1, 0.15) is 0 Å². The molecule has 28 heavy (non-hydrogen) atoms. The number of para-hydroxylation sites is 1. The van der Waals surface area contributed by atoms with Gasteiger partial charge in [0.2, 0.25) is 5.91 Å². The molecule has 2 aromatic rings. The highest BCUT2D eigenvalue weighted by Crippen LogP contribution is 2.29. The van der Waals surface area contributed by atoms with E-state index in [0.717, 1.165) is 5.56 Å². The van der Waals surface area contributed by atoms with Gasteiger partial charge in [0, 0.05) is 12.0 Å². The molecule has 3 rings (SSSR count). The fourth-order valence-electron chi connectivity index (χ4n) is 2.62. The van der Waals surface area contributed by atoms with E-state index in [1.165, 1.54) is 18.2 Å². The Balaban J connectivity index is 1.64. The molecule has 0 radical (unpaired) electrons. The highest BCUT2D eigenvalue weighted by atomic mass is 16.5. The van der Waals surface area contributed by atoms with Gasteiger partial charge >= 0.3 is 5.97 Å². The van der Waals surface area contributed by atoms with Crippen molar-refractivity contribution in [1.82, 2.24) is 0 Å². The summed E-state index contributed by atoms with van der Waals surface area (Å²) in [5, 5.41) is 11.7. The van der Waals surface area contributed by atoms with Crippen molar-refractivity contribution in [2.24, 2.45) is 5.92 Å². The molecule has 0 saturated carbocycles. The van der Waals surface area contributed by atoms with Crippen molar-refractivity contribution in [2.45, 2.75) is 0 Å². The molecule has 1 heterocycles. The number of carboxylic acids is 1. The van der Waals surface area contributed by atoms with Crippen molar-refractivity contribution < 1.29 is 28.9 Å². The summed E-state index contributed by atoms with van der Waals surface area (Å²) in [6, 6.07) is 11.6. The van der Waals surface area contributed by atoms with Crippen molar-refractivity contribution in [1.29, 1.82) is 0 Å². The fraction of sp³-hybridized carbons (Fsp3) is 0.238. The van der Waals surface area contributed by atoms with Crippen LogP contribution in [-0.4, -0.2) is 43.9 Å². The number of rotatable bonds is 8. The van der Waals surface area contributed by atoms with Gasteiger partial charge in [-0.05, 0) is 35.9 Å². The Bertz CT molecular complexity index is 888. The maximum Gasteiger partial charge on any atom is 0.337 e. The summed E-state index contributed by atoms with van der Waals surface area (Å²) in [6.45, 7) is 1.99. The quantitative estimate of drug-likeness (QED) is 0.681. The van der Waals surface area contributed by atoms with Crippen molar-refractivity contribution in [3.63, 3.8) is 0 Å². The molecule has 0 aliphatic carbocycles. The zero-order valence-corrected chi connectivity index (χ0v) is 15.4. The number of ether oxygens (including phenoxy) is 3. The summed E-state index contributed by atoms with van der Waals surface area (Å²) in [7, 11) is 1.55. The third kappa shape index (κ3) is 4.89. The maximum absolute atomic E-state index is 12.1. The molecule has 1 saturated heterocycles. The van der Waals surface area contributed by atoms with Crippen LogP contribution in [0.5, 0.6) is 11.5 Å². The van der Waals surface area contributed by atoms with Gasteiger partial charge in [0.05, 0.1) is 38.2 Å². The molecule has 0 aromatic heterocycles. The molecule has 2 aromatic carbocycles. The summed E-state index contributed by atoms with van der Waals surface area (Å²) >= 11 is 0. The first-order valence-corrected chi connectivity index (χ1v) is 8.77. The number of carbonyl (C=O) groups excluding carboxylic acids is 1. The van der Waals surface area contributed by atoms with Crippen molar-refractivity contribution in [3.8, 4) is 11.5 Å². The number of benzene rings is 2. The molecular formula is C21H21NO6. The Kier molecular flexibility index (Phi) is 6.29. The molecular weight excluding hydrogens is 362 g/mol. The van der Waals surface area contributed by atoms with E-state index in [-0.39, 0.29) is 11.3 Å². The summed E-state index contributed by atoms with van der Waals surface area (Å²) in [4.78, 5) is 23.3. The summed E-state index contributed by atoms with van der Waals surface area (Å²) in [5.74, 6) is 0.0682. The second-order valence-corrected chi connectivity index (χ2v) is 6.30. The van der Waals surface area contributed by atoms with Crippen molar-refractivity contribution >= 4 is 23.6 Å².